The quantitative estimate of drug-likeness (QED) is 0.626. The number of nitrogens with two attached hydrogens (primary N) is 1. The van der Waals surface area contributed by atoms with E-state index < -0.39 is 12.0 Å². The lowest BCUT2D eigenvalue weighted by atomic mass is 10.0. The molecule has 6 nitrogen and oxygen atoms in total. The maximum Gasteiger partial charge on any atom is 0.335 e. The number of aromatic nitrogens is 1. The zero-order valence-electron chi connectivity index (χ0n) is 14.5. The van der Waals surface area contributed by atoms with Gasteiger partial charge in [0, 0.05) is 18.1 Å². The molecule has 0 aliphatic carbocycles. The van der Waals surface area contributed by atoms with E-state index in [2.05, 4.69) is 10.3 Å². The summed E-state index contributed by atoms with van der Waals surface area (Å²) in [5, 5.41) is 12.1. The van der Waals surface area contributed by atoms with Crippen molar-refractivity contribution >= 4 is 17.6 Å². The van der Waals surface area contributed by atoms with Crippen molar-refractivity contribution in [3.63, 3.8) is 0 Å². The smallest absolute Gasteiger partial charge is 0.335 e. The van der Waals surface area contributed by atoms with Gasteiger partial charge in [0.15, 0.2) is 0 Å². The zero-order valence-corrected chi connectivity index (χ0v) is 14.5. The molecule has 0 saturated heterocycles. The molecule has 27 heavy (non-hydrogen) atoms. The number of carbonyl (C=O) groups is 2. The van der Waals surface area contributed by atoms with E-state index in [4.69, 9.17) is 5.73 Å². The minimum Gasteiger partial charge on any atom is -0.478 e. The van der Waals surface area contributed by atoms with Crippen molar-refractivity contribution in [3.8, 4) is 11.1 Å². The van der Waals surface area contributed by atoms with Crippen LogP contribution in [-0.2, 0) is 11.2 Å². The van der Waals surface area contributed by atoms with Gasteiger partial charge in [-0.3, -0.25) is 9.78 Å². The maximum absolute atomic E-state index is 12.5. The van der Waals surface area contributed by atoms with Crippen LogP contribution in [0.15, 0.2) is 73.1 Å². The number of carbonyl (C=O) groups excluding carboxylic acids is 1. The molecule has 136 valence electrons. The van der Waals surface area contributed by atoms with Crippen LogP contribution in [0.3, 0.4) is 0 Å². The number of rotatable bonds is 6. The van der Waals surface area contributed by atoms with Crippen molar-refractivity contribution in [1.82, 2.24) is 4.98 Å². The number of pyridine rings is 1. The molecule has 0 aliphatic heterocycles. The van der Waals surface area contributed by atoms with Gasteiger partial charge in [-0.1, -0.05) is 30.3 Å². The molecule has 0 aliphatic rings. The Morgan fingerprint density at radius 3 is 2.37 bits per heavy atom. The number of amides is 1. The van der Waals surface area contributed by atoms with Crippen molar-refractivity contribution in [3.05, 3.63) is 84.2 Å². The number of carboxylic acid groups (broad SMARTS) is 1. The SMILES string of the molecule is N[C@@H](Cc1ccccc1)C(=O)Nc1cc(C(=O)O)cc(-c2ccncc2)c1. The van der Waals surface area contributed by atoms with E-state index in [1.807, 2.05) is 30.3 Å². The number of nitrogens with one attached hydrogen (secondary N) is 1. The molecule has 2 aromatic carbocycles. The largest absolute Gasteiger partial charge is 0.478 e. The second-order valence-corrected chi connectivity index (χ2v) is 6.13. The Bertz CT molecular complexity index is 943. The van der Waals surface area contributed by atoms with Crippen molar-refractivity contribution in [2.24, 2.45) is 5.73 Å². The number of aromatic carboxylic acids is 1. The molecule has 0 unspecified atom stereocenters. The molecule has 1 aromatic heterocycles. The van der Waals surface area contributed by atoms with Crippen molar-refractivity contribution in [2.75, 3.05) is 5.32 Å². The maximum atomic E-state index is 12.5. The highest BCUT2D eigenvalue weighted by Gasteiger charge is 2.16. The van der Waals surface area contributed by atoms with Crippen LogP contribution in [0.1, 0.15) is 15.9 Å². The highest BCUT2D eigenvalue weighted by molar-refractivity contribution is 5.98. The summed E-state index contributed by atoms with van der Waals surface area (Å²) in [6.07, 6.45) is 3.64. The van der Waals surface area contributed by atoms with E-state index in [0.717, 1.165) is 11.1 Å². The third-order valence-corrected chi connectivity index (χ3v) is 4.10. The van der Waals surface area contributed by atoms with E-state index in [-0.39, 0.29) is 11.5 Å². The van der Waals surface area contributed by atoms with Gasteiger partial charge < -0.3 is 16.2 Å². The topological polar surface area (TPSA) is 105 Å². The number of nitrogens with zero attached hydrogens (tertiary/aromatic N) is 1. The predicted octanol–water partition coefficient (Wildman–Crippen LogP) is 2.96. The summed E-state index contributed by atoms with van der Waals surface area (Å²) < 4.78 is 0. The third kappa shape index (κ3) is 4.77. The summed E-state index contributed by atoms with van der Waals surface area (Å²) in [7, 11) is 0. The Morgan fingerprint density at radius 1 is 1.00 bits per heavy atom. The summed E-state index contributed by atoms with van der Waals surface area (Å²) in [6.45, 7) is 0. The van der Waals surface area contributed by atoms with Crippen molar-refractivity contribution in [1.29, 1.82) is 0 Å². The molecule has 1 atom stereocenters. The first-order chi connectivity index (χ1) is 13.0. The average molecular weight is 361 g/mol. The van der Waals surface area contributed by atoms with Crippen LogP contribution >= 0.6 is 0 Å². The summed E-state index contributed by atoms with van der Waals surface area (Å²) >= 11 is 0. The molecule has 0 fully saturated rings. The lowest BCUT2D eigenvalue weighted by molar-refractivity contribution is -0.117. The van der Waals surface area contributed by atoms with E-state index in [0.29, 0.717) is 17.7 Å². The van der Waals surface area contributed by atoms with Crippen LogP contribution in [0.4, 0.5) is 5.69 Å². The second kappa shape index (κ2) is 8.25. The van der Waals surface area contributed by atoms with Gasteiger partial charge in [-0.25, -0.2) is 4.79 Å². The van der Waals surface area contributed by atoms with E-state index in [1.54, 1.807) is 36.7 Å². The van der Waals surface area contributed by atoms with Crippen LogP contribution in [0, 0.1) is 0 Å². The Hall–Kier alpha value is -3.51. The standard InChI is InChI=1S/C21H19N3O3/c22-19(10-14-4-2-1-3-5-14)20(25)24-18-12-16(11-17(13-18)21(26)27)15-6-8-23-9-7-15/h1-9,11-13,19H,10,22H2,(H,24,25)(H,26,27)/t19-/m0/s1. The average Bonchev–Trinajstić information content (AvgIpc) is 2.69. The Kier molecular flexibility index (Phi) is 5.58. The minimum absolute atomic E-state index is 0.0799. The van der Waals surface area contributed by atoms with Crippen LogP contribution in [0.25, 0.3) is 11.1 Å². The van der Waals surface area contributed by atoms with E-state index in [9.17, 15) is 14.7 Å². The lowest BCUT2D eigenvalue weighted by Gasteiger charge is -2.14. The second-order valence-electron chi connectivity index (χ2n) is 6.13. The normalized spacial score (nSPS) is 11.6. The van der Waals surface area contributed by atoms with Gasteiger partial charge in [0.05, 0.1) is 11.6 Å². The fraction of sp³-hybridized carbons (Fsp3) is 0.0952. The van der Waals surface area contributed by atoms with E-state index >= 15 is 0 Å². The molecule has 0 bridgehead atoms. The molecule has 4 N–H and O–H groups in total. The molecule has 3 rings (SSSR count). The van der Waals surface area contributed by atoms with Gasteiger partial charge in [-0.15, -0.1) is 0 Å². The van der Waals surface area contributed by atoms with Crippen LogP contribution in [0.2, 0.25) is 0 Å². The zero-order chi connectivity index (χ0) is 19.2. The molecule has 1 amide bonds. The molecule has 3 aromatic rings. The minimum atomic E-state index is -1.07. The monoisotopic (exact) mass is 361 g/mol. The summed E-state index contributed by atoms with van der Waals surface area (Å²) in [6, 6.07) is 17.0. The Balaban J connectivity index is 1.82. The van der Waals surface area contributed by atoms with Crippen molar-refractivity contribution in [2.45, 2.75) is 12.5 Å². The van der Waals surface area contributed by atoms with Crippen LogP contribution in [0.5, 0.6) is 0 Å². The van der Waals surface area contributed by atoms with Gasteiger partial charge in [-0.05, 0) is 53.4 Å². The number of hydrogen-bond acceptors (Lipinski definition) is 4. The first-order valence-corrected chi connectivity index (χ1v) is 8.42. The molecular formula is C21H19N3O3. The molecule has 0 radical (unpaired) electrons. The van der Waals surface area contributed by atoms with Crippen LogP contribution < -0.4 is 11.1 Å². The fourth-order valence-corrected chi connectivity index (χ4v) is 2.73. The summed E-state index contributed by atoms with van der Waals surface area (Å²) in [5.74, 6) is -1.45. The molecule has 1 heterocycles. The van der Waals surface area contributed by atoms with E-state index in [1.165, 1.54) is 6.07 Å². The van der Waals surface area contributed by atoms with Gasteiger partial charge in [0.1, 0.15) is 0 Å². The first-order valence-electron chi connectivity index (χ1n) is 8.42. The molecular weight excluding hydrogens is 342 g/mol. The summed E-state index contributed by atoms with van der Waals surface area (Å²) in [5.41, 5.74) is 8.90. The lowest BCUT2D eigenvalue weighted by Crippen LogP contribution is -2.37. The Morgan fingerprint density at radius 2 is 1.70 bits per heavy atom. The third-order valence-electron chi connectivity index (χ3n) is 4.10. The number of anilines is 1. The highest BCUT2D eigenvalue weighted by Crippen LogP contribution is 2.25. The van der Waals surface area contributed by atoms with Gasteiger partial charge >= 0.3 is 5.97 Å². The van der Waals surface area contributed by atoms with Crippen molar-refractivity contribution < 1.29 is 14.7 Å². The van der Waals surface area contributed by atoms with Gasteiger partial charge in [0.25, 0.3) is 0 Å². The highest BCUT2D eigenvalue weighted by atomic mass is 16.4. The van der Waals surface area contributed by atoms with Crippen LogP contribution in [-0.4, -0.2) is 28.0 Å². The Labute approximate surface area is 156 Å². The first kappa shape index (κ1) is 18.3. The van der Waals surface area contributed by atoms with Gasteiger partial charge in [-0.2, -0.15) is 0 Å². The predicted molar refractivity (Wildman–Crippen MR) is 103 cm³/mol. The number of benzene rings is 2. The molecule has 0 spiro atoms. The molecule has 6 heteroatoms. The molecule has 0 saturated carbocycles. The number of hydrogen-bond donors (Lipinski definition) is 3. The van der Waals surface area contributed by atoms with Gasteiger partial charge in [0.2, 0.25) is 5.91 Å². The summed E-state index contributed by atoms with van der Waals surface area (Å²) in [4.78, 5) is 27.9. The fourth-order valence-electron chi connectivity index (χ4n) is 2.73. The number of carboxylic acids is 1.